The van der Waals surface area contributed by atoms with Gasteiger partial charge in [0.15, 0.2) is 5.78 Å². The van der Waals surface area contributed by atoms with Gasteiger partial charge in [0.2, 0.25) is 0 Å². The van der Waals surface area contributed by atoms with Crippen molar-refractivity contribution in [3.63, 3.8) is 0 Å². The molecule has 0 bridgehead atoms. The molecule has 0 amide bonds. The molecule has 1 heterocycles. The van der Waals surface area contributed by atoms with E-state index in [2.05, 4.69) is 29.9 Å². The van der Waals surface area contributed by atoms with Crippen molar-refractivity contribution < 1.29 is 4.79 Å². The maximum atomic E-state index is 12.0. The van der Waals surface area contributed by atoms with Gasteiger partial charge in [0.1, 0.15) is 0 Å². The van der Waals surface area contributed by atoms with E-state index in [-0.39, 0.29) is 0 Å². The van der Waals surface area contributed by atoms with Gasteiger partial charge in [-0.25, -0.2) is 5.01 Å². The minimum Gasteiger partial charge on any atom is -0.294 e. The number of carbonyl (C=O) groups is 1. The average molecular weight is 234 g/mol. The second-order valence-corrected chi connectivity index (χ2v) is 5.15. The van der Waals surface area contributed by atoms with Gasteiger partial charge < -0.3 is 0 Å². The highest BCUT2D eigenvalue weighted by Gasteiger charge is 2.35. The van der Waals surface area contributed by atoms with Gasteiger partial charge in [0.05, 0.1) is 0 Å². The van der Waals surface area contributed by atoms with Gasteiger partial charge >= 0.3 is 0 Å². The third-order valence-electron chi connectivity index (χ3n) is 3.58. The Bertz CT molecular complexity index is 393. The third-order valence-corrected chi connectivity index (χ3v) is 3.58. The number of nitrogens with zero attached hydrogens (tertiary/aromatic N) is 2. The summed E-state index contributed by atoms with van der Waals surface area (Å²) in [7, 11) is 4.07. The van der Waals surface area contributed by atoms with Gasteiger partial charge in [0, 0.05) is 43.4 Å². The molecule has 94 valence electrons. The number of allylic oxidation sites excluding steroid dienone is 4. The molecule has 3 nitrogen and oxygen atoms in total. The average Bonchev–Trinajstić information content (AvgIpc) is 2.59. The van der Waals surface area contributed by atoms with Crippen LogP contribution in [0.2, 0.25) is 0 Å². The first-order valence-electron chi connectivity index (χ1n) is 6.48. The van der Waals surface area contributed by atoms with Crippen LogP contribution in [-0.4, -0.2) is 29.9 Å². The van der Waals surface area contributed by atoms with Crippen LogP contribution in [0.4, 0.5) is 0 Å². The Morgan fingerprint density at radius 2 is 2.18 bits per heavy atom. The molecule has 2 rings (SSSR count). The van der Waals surface area contributed by atoms with Crippen molar-refractivity contribution >= 4 is 5.78 Å². The van der Waals surface area contributed by atoms with Gasteiger partial charge in [-0.2, -0.15) is 0 Å². The monoisotopic (exact) mass is 234 g/mol. The molecule has 1 aliphatic carbocycles. The van der Waals surface area contributed by atoms with Gasteiger partial charge in [0.25, 0.3) is 0 Å². The van der Waals surface area contributed by atoms with Crippen molar-refractivity contribution in [3.8, 4) is 0 Å². The summed E-state index contributed by atoms with van der Waals surface area (Å²) in [5.41, 5.74) is 3.55. The van der Waals surface area contributed by atoms with Gasteiger partial charge in [-0.3, -0.25) is 9.80 Å². The van der Waals surface area contributed by atoms with E-state index >= 15 is 0 Å². The second-order valence-electron chi connectivity index (χ2n) is 5.15. The summed E-state index contributed by atoms with van der Waals surface area (Å²) in [4.78, 5) is 12.0. The van der Waals surface area contributed by atoms with Gasteiger partial charge in [-0.15, -0.1) is 0 Å². The maximum absolute atomic E-state index is 12.0. The third kappa shape index (κ3) is 2.04. The number of hydrogen-bond acceptors (Lipinski definition) is 3. The van der Waals surface area contributed by atoms with E-state index in [0.717, 1.165) is 31.3 Å². The lowest BCUT2D eigenvalue weighted by molar-refractivity contribution is -0.114. The molecule has 0 aromatic carbocycles. The standard InChI is InChI=1S/C14H22N2O/c1-5-6-12-14-11(7-8-13(14)17)9-10(2)16(12)15(3)4/h9,11H,5-8H2,1-4H3. The molecule has 3 heteroatoms. The fraction of sp³-hybridized carbons (Fsp3) is 0.643. The molecule has 0 radical (unpaired) electrons. The summed E-state index contributed by atoms with van der Waals surface area (Å²) in [5.74, 6) is 0.731. The molecule has 1 atom stereocenters. The molecule has 0 spiro atoms. The number of carbonyl (C=O) groups excluding carboxylic acids is 1. The first-order chi connectivity index (χ1) is 8.06. The number of fused-ring (bicyclic) bond motifs is 1. The Kier molecular flexibility index (Phi) is 3.38. The first-order valence-corrected chi connectivity index (χ1v) is 6.48. The molecule has 17 heavy (non-hydrogen) atoms. The van der Waals surface area contributed by atoms with Crippen LogP contribution < -0.4 is 0 Å². The van der Waals surface area contributed by atoms with Crippen molar-refractivity contribution in [2.45, 2.75) is 39.5 Å². The van der Waals surface area contributed by atoms with E-state index in [4.69, 9.17) is 0 Å². The van der Waals surface area contributed by atoms with Crippen LogP contribution in [-0.2, 0) is 4.79 Å². The highest BCUT2D eigenvalue weighted by molar-refractivity contribution is 5.99. The number of ketones is 1. The summed E-state index contributed by atoms with van der Waals surface area (Å²) < 4.78 is 0. The highest BCUT2D eigenvalue weighted by atomic mass is 16.1. The van der Waals surface area contributed by atoms with Crippen LogP contribution in [0.25, 0.3) is 0 Å². The van der Waals surface area contributed by atoms with Crippen molar-refractivity contribution in [2.24, 2.45) is 5.92 Å². The zero-order valence-electron chi connectivity index (χ0n) is 11.3. The fourth-order valence-electron chi connectivity index (χ4n) is 3.04. The Morgan fingerprint density at radius 3 is 2.76 bits per heavy atom. The Hall–Kier alpha value is -1.09. The van der Waals surface area contributed by atoms with E-state index in [0.29, 0.717) is 11.7 Å². The zero-order chi connectivity index (χ0) is 12.6. The maximum Gasteiger partial charge on any atom is 0.161 e. The molecule has 1 saturated carbocycles. The number of rotatable bonds is 3. The molecule has 1 aliphatic heterocycles. The lowest BCUT2D eigenvalue weighted by Crippen LogP contribution is -2.38. The molecular weight excluding hydrogens is 212 g/mol. The number of Topliss-reactive ketones (excluding diaryl/α,β-unsaturated/α-hetero) is 1. The predicted octanol–water partition coefficient (Wildman–Crippen LogP) is 2.72. The quantitative estimate of drug-likeness (QED) is 0.750. The normalized spacial score (nSPS) is 24.5. The second kappa shape index (κ2) is 4.65. The lowest BCUT2D eigenvalue weighted by atomic mass is 9.93. The number of hydrogen-bond donors (Lipinski definition) is 0. The van der Waals surface area contributed by atoms with E-state index < -0.39 is 0 Å². The fourth-order valence-corrected chi connectivity index (χ4v) is 3.04. The topological polar surface area (TPSA) is 23.6 Å². The molecule has 0 aromatic rings. The van der Waals surface area contributed by atoms with E-state index in [9.17, 15) is 4.79 Å². The highest BCUT2D eigenvalue weighted by Crippen LogP contribution is 2.40. The van der Waals surface area contributed by atoms with Crippen LogP contribution >= 0.6 is 0 Å². The van der Waals surface area contributed by atoms with Crippen LogP contribution in [0.5, 0.6) is 0 Å². The van der Waals surface area contributed by atoms with Crippen LogP contribution in [0.1, 0.15) is 39.5 Å². The van der Waals surface area contributed by atoms with Crippen molar-refractivity contribution in [3.05, 3.63) is 23.0 Å². The summed E-state index contributed by atoms with van der Waals surface area (Å²) >= 11 is 0. The smallest absolute Gasteiger partial charge is 0.161 e. The zero-order valence-corrected chi connectivity index (χ0v) is 11.3. The minimum absolute atomic E-state index is 0.356. The van der Waals surface area contributed by atoms with Crippen molar-refractivity contribution in [1.29, 1.82) is 0 Å². The predicted molar refractivity (Wildman–Crippen MR) is 68.9 cm³/mol. The van der Waals surface area contributed by atoms with Crippen molar-refractivity contribution in [2.75, 3.05) is 14.1 Å². The van der Waals surface area contributed by atoms with Crippen LogP contribution in [0, 0.1) is 5.92 Å². The molecule has 1 fully saturated rings. The van der Waals surface area contributed by atoms with Gasteiger partial charge in [-0.05, 0) is 19.8 Å². The summed E-state index contributed by atoms with van der Waals surface area (Å²) in [6.45, 7) is 4.30. The van der Waals surface area contributed by atoms with Crippen LogP contribution in [0.3, 0.4) is 0 Å². The van der Waals surface area contributed by atoms with E-state index in [1.54, 1.807) is 0 Å². The van der Waals surface area contributed by atoms with Crippen LogP contribution in [0.15, 0.2) is 23.0 Å². The van der Waals surface area contributed by atoms with E-state index in [1.165, 1.54) is 11.4 Å². The van der Waals surface area contributed by atoms with Crippen molar-refractivity contribution in [1.82, 2.24) is 10.0 Å². The van der Waals surface area contributed by atoms with E-state index in [1.807, 2.05) is 14.1 Å². The summed E-state index contributed by atoms with van der Waals surface area (Å²) in [6, 6.07) is 0. The number of hydrazine groups is 1. The Balaban J connectivity index is 2.46. The largest absolute Gasteiger partial charge is 0.294 e. The summed E-state index contributed by atoms with van der Waals surface area (Å²) in [6.07, 6.45) is 6.04. The SMILES string of the molecule is CCCC1=C2C(=O)CCC2C=C(C)N1N(C)C. The molecule has 0 aromatic heterocycles. The molecular formula is C14H22N2O. The molecule has 1 unspecified atom stereocenters. The van der Waals surface area contributed by atoms with Gasteiger partial charge in [-0.1, -0.05) is 19.4 Å². The summed E-state index contributed by atoms with van der Waals surface area (Å²) in [5, 5.41) is 4.27. The Labute approximate surface area is 104 Å². The molecule has 0 saturated heterocycles. The minimum atomic E-state index is 0.356. The first kappa shape index (κ1) is 12.4. The lowest BCUT2D eigenvalue weighted by Gasteiger charge is -2.38. The molecule has 0 N–H and O–H groups in total. The molecule has 2 aliphatic rings. The Morgan fingerprint density at radius 1 is 1.47 bits per heavy atom.